The molecular formula is C18H25F3IN5OS2. The van der Waals surface area contributed by atoms with Crippen molar-refractivity contribution in [2.24, 2.45) is 4.99 Å². The van der Waals surface area contributed by atoms with Gasteiger partial charge >= 0.3 is 6.18 Å². The van der Waals surface area contributed by atoms with Crippen molar-refractivity contribution in [1.29, 1.82) is 0 Å². The summed E-state index contributed by atoms with van der Waals surface area (Å²) in [7, 11) is 0. The molecule has 1 atom stereocenters. The van der Waals surface area contributed by atoms with Crippen LogP contribution in [0.25, 0.3) is 0 Å². The van der Waals surface area contributed by atoms with Crippen molar-refractivity contribution in [1.82, 2.24) is 20.5 Å². The van der Waals surface area contributed by atoms with Crippen molar-refractivity contribution in [2.75, 3.05) is 39.4 Å². The molecule has 1 saturated heterocycles. The lowest BCUT2D eigenvalue weighted by Crippen LogP contribution is -2.46. The van der Waals surface area contributed by atoms with Crippen LogP contribution in [-0.2, 0) is 17.5 Å². The number of morpholine rings is 1. The molecule has 1 aliphatic heterocycles. The SMILES string of the molecule is CCNC(=NCc1nc(C(F)(F)F)cs1)NCC(c1cccs1)N1CCOCC1.I. The molecule has 3 heterocycles. The number of alkyl halides is 3. The summed E-state index contributed by atoms with van der Waals surface area (Å²) in [4.78, 5) is 11.7. The number of hydrogen-bond acceptors (Lipinski definition) is 6. The Hall–Kier alpha value is -0.960. The molecule has 0 bridgehead atoms. The van der Waals surface area contributed by atoms with Gasteiger partial charge in [0.05, 0.1) is 25.8 Å². The van der Waals surface area contributed by atoms with Gasteiger partial charge in [-0.2, -0.15) is 13.2 Å². The highest BCUT2D eigenvalue weighted by Crippen LogP contribution is 2.30. The highest BCUT2D eigenvalue weighted by Gasteiger charge is 2.33. The summed E-state index contributed by atoms with van der Waals surface area (Å²) in [6.45, 7) is 6.47. The third-order valence-electron chi connectivity index (χ3n) is 4.38. The van der Waals surface area contributed by atoms with Gasteiger partial charge in [0, 0.05) is 36.4 Å². The molecule has 0 aliphatic carbocycles. The van der Waals surface area contributed by atoms with E-state index >= 15 is 0 Å². The maximum atomic E-state index is 12.7. The Bertz CT molecular complexity index is 779. The minimum atomic E-state index is -4.42. The van der Waals surface area contributed by atoms with Crippen LogP contribution in [0.3, 0.4) is 0 Å². The van der Waals surface area contributed by atoms with E-state index in [9.17, 15) is 13.2 Å². The highest BCUT2D eigenvalue weighted by molar-refractivity contribution is 14.0. The van der Waals surface area contributed by atoms with Crippen molar-refractivity contribution in [3.63, 3.8) is 0 Å². The van der Waals surface area contributed by atoms with Gasteiger partial charge < -0.3 is 15.4 Å². The molecule has 0 amide bonds. The molecule has 1 fully saturated rings. The Morgan fingerprint density at radius 2 is 2.07 bits per heavy atom. The maximum Gasteiger partial charge on any atom is 0.434 e. The van der Waals surface area contributed by atoms with Gasteiger partial charge in [-0.1, -0.05) is 6.07 Å². The van der Waals surface area contributed by atoms with Gasteiger partial charge in [0.1, 0.15) is 5.01 Å². The van der Waals surface area contributed by atoms with Crippen LogP contribution in [0.5, 0.6) is 0 Å². The lowest BCUT2D eigenvalue weighted by molar-refractivity contribution is -0.140. The molecule has 1 unspecified atom stereocenters. The minimum Gasteiger partial charge on any atom is -0.379 e. The second-order valence-corrected chi connectivity index (χ2v) is 8.30. The summed E-state index contributed by atoms with van der Waals surface area (Å²) in [5, 5.41) is 9.89. The third-order valence-corrected chi connectivity index (χ3v) is 6.19. The number of aromatic nitrogens is 1. The zero-order chi connectivity index (χ0) is 20.7. The van der Waals surface area contributed by atoms with Gasteiger partial charge in [0.15, 0.2) is 11.7 Å². The lowest BCUT2D eigenvalue weighted by Gasteiger charge is -2.34. The van der Waals surface area contributed by atoms with Crippen LogP contribution in [0.15, 0.2) is 27.9 Å². The normalized spacial score (nSPS) is 16.7. The van der Waals surface area contributed by atoms with Crippen LogP contribution < -0.4 is 10.6 Å². The molecule has 168 valence electrons. The molecule has 2 aromatic rings. The van der Waals surface area contributed by atoms with Crippen molar-refractivity contribution in [3.05, 3.63) is 38.5 Å². The van der Waals surface area contributed by atoms with Crippen molar-refractivity contribution in [2.45, 2.75) is 25.7 Å². The average molecular weight is 575 g/mol. The maximum absolute atomic E-state index is 12.7. The van der Waals surface area contributed by atoms with E-state index in [-0.39, 0.29) is 36.6 Å². The zero-order valence-electron chi connectivity index (χ0n) is 16.4. The third kappa shape index (κ3) is 7.32. The smallest absolute Gasteiger partial charge is 0.379 e. The molecule has 0 aromatic carbocycles. The van der Waals surface area contributed by atoms with E-state index < -0.39 is 11.9 Å². The first-order valence-electron chi connectivity index (χ1n) is 9.36. The molecule has 1 aliphatic rings. The molecular weight excluding hydrogens is 550 g/mol. The molecule has 0 saturated carbocycles. The van der Waals surface area contributed by atoms with E-state index in [4.69, 9.17) is 4.74 Å². The quantitative estimate of drug-likeness (QED) is 0.298. The summed E-state index contributed by atoms with van der Waals surface area (Å²) in [5.74, 6) is 0.561. The van der Waals surface area contributed by atoms with Crippen molar-refractivity contribution < 1.29 is 17.9 Å². The first-order valence-corrected chi connectivity index (χ1v) is 11.1. The highest BCUT2D eigenvalue weighted by atomic mass is 127. The summed E-state index contributed by atoms with van der Waals surface area (Å²) in [6, 6.07) is 4.33. The van der Waals surface area contributed by atoms with Crippen LogP contribution in [0.2, 0.25) is 0 Å². The average Bonchev–Trinajstić information content (AvgIpc) is 3.39. The predicted octanol–water partition coefficient (Wildman–Crippen LogP) is 3.97. The Kier molecular flexibility index (Phi) is 10.3. The number of ether oxygens (including phenoxy) is 1. The van der Waals surface area contributed by atoms with E-state index in [0.717, 1.165) is 29.8 Å². The van der Waals surface area contributed by atoms with Gasteiger partial charge in [-0.3, -0.25) is 4.90 Å². The fourth-order valence-electron chi connectivity index (χ4n) is 2.98. The standard InChI is InChI=1S/C18H24F3N5OS2.HI/c1-2-22-17(24-11-16-25-15(12-29-16)18(19,20)21)23-10-13(14-4-3-9-28-14)26-5-7-27-8-6-26;/h3-4,9,12-13H,2,5-8,10-11H2,1H3,(H2,22,23,24);1H. The number of guanidine groups is 1. The summed E-state index contributed by atoms with van der Waals surface area (Å²) in [6.07, 6.45) is -4.42. The largest absolute Gasteiger partial charge is 0.434 e. The van der Waals surface area contributed by atoms with Gasteiger partial charge in [-0.05, 0) is 18.4 Å². The predicted molar refractivity (Wildman–Crippen MR) is 125 cm³/mol. The molecule has 3 rings (SSSR count). The lowest BCUT2D eigenvalue weighted by atomic mass is 10.2. The van der Waals surface area contributed by atoms with E-state index in [1.165, 1.54) is 4.88 Å². The number of rotatable bonds is 7. The number of nitrogens with one attached hydrogen (secondary N) is 2. The number of thiazole rings is 1. The number of halogens is 4. The summed E-state index contributed by atoms with van der Waals surface area (Å²) < 4.78 is 43.6. The van der Waals surface area contributed by atoms with Crippen LogP contribution in [0.4, 0.5) is 13.2 Å². The number of thiophene rings is 1. The first kappa shape index (κ1) is 25.3. The Morgan fingerprint density at radius 1 is 1.30 bits per heavy atom. The number of aliphatic imine (C=N–C) groups is 1. The Labute approximate surface area is 199 Å². The Morgan fingerprint density at radius 3 is 2.67 bits per heavy atom. The molecule has 2 N–H and O–H groups in total. The minimum absolute atomic E-state index is 0. The van der Waals surface area contributed by atoms with Gasteiger partial charge in [-0.15, -0.1) is 46.7 Å². The molecule has 30 heavy (non-hydrogen) atoms. The van der Waals surface area contributed by atoms with Crippen molar-refractivity contribution >= 4 is 52.6 Å². The van der Waals surface area contributed by atoms with Gasteiger partial charge in [-0.25, -0.2) is 9.98 Å². The van der Waals surface area contributed by atoms with Crippen LogP contribution in [-0.4, -0.2) is 55.2 Å². The molecule has 6 nitrogen and oxygen atoms in total. The molecule has 0 radical (unpaired) electrons. The van der Waals surface area contributed by atoms with E-state index in [1.54, 1.807) is 11.3 Å². The second kappa shape index (κ2) is 12.2. The zero-order valence-corrected chi connectivity index (χ0v) is 20.4. The second-order valence-electron chi connectivity index (χ2n) is 6.38. The number of nitrogens with zero attached hydrogens (tertiary/aromatic N) is 3. The van der Waals surface area contributed by atoms with Crippen LogP contribution >= 0.6 is 46.7 Å². The molecule has 0 spiro atoms. The summed E-state index contributed by atoms with van der Waals surface area (Å²) in [5.41, 5.74) is -0.865. The molecule has 2 aromatic heterocycles. The summed E-state index contributed by atoms with van der Waals surface area (Å²) >= 11 is 2.67. The van der Waals surface area contributed by atoms with Crippen molar-refractivity contribution in [3.8, 4) is 0 Å². The van der Waals surface area contributed by atoms with Crippen LogP contribution in [0, 0.1) is 0 Å². The van der Waals surface area contributed by atoms with Crippen LogP contribution in [0.1, 0.15) is 28.5 Å². The molecule has 12 heteroatoms. The van der Waals surface area contributed by atoms with Gasteiger partial charge in [0.2, 0.25) is 0 Å². The van der Waals surface area contributed by atoms with E-state index in [1.807, 2.05) is 13.0 Å². The van der Waals surface area contributed by atoms with E-state index in [0.29, 0.717) is 37.3 Å². The van der Waals surface area contributed by atoms with Gasteiger partial charge in [0.25, 0.3) is 0 Å². The van der Waals surface area contributed by atoms with E-state index in [2.05, 4.69) is 37.0 Å². The fraction of sp³-hybridized carbons (Fsp3) is 0.556. The number of hydrogen-bond donors (Lipinski definition) is 2. The fourth-order valence-corrected chi connectivity index (χ4v) is 4.56. The topological polar surface area (TPSA) is 61.8 Å². The first-order chi connectivity index (χ1) is 14.0. The monoisotopic (exact) mass is 575 g/mol. The Balaban J connectivity index is 0.00000320.